The molecule has 0 fully saturated rings. The van der Waals surface area contributed by atoms with Gasteiger partial charge in [-0.15, -0.1) is 16.7 Å². The molecule has 3 aromatic carbocycles. The molecule has 3 N–H and O–H groups in total. The molecule has 0 atom stereocenters. The second kappa shape index (κ2) is 13.6. The van der Waals surface area contributed by atoms with Crippen molar-refractivity contribution < 1.29 is 39.9 Å². The molecular formula is C24H16Cl2CuN8O5S. The number of phenols is 1. The zero-order valence-electron chi connectivity index (χ0n) is 20.5. The Hall–Kier alpha value is -3.98. The van der Waals surface area contributed by atoms with Gasteiger partial charge in [0.15, 0.2) is 5.84 Å². The van der Waals surface area contributed by atoms with Crippen LogP contribution in [0.4, 0.5) is 23.0 Å². The summed E-state index contributed by atoms with van der Waals surface area (Å²) >= 11 is 11.5. The van der Waals surface area contributed by atoms with Crippen LogP contribution in [0.5, 0.6) is 5.75 Å². The fourth-order valence-electron chi connectivity index (χ4n) is 3.15. The number of aromatic nitrogens is 3. The molecule has 0 aliphatic carbocycles. The van der Waals surface area contributed by atoms with Gasteiger partial charge in [0.2, 0.25) is 16.5 Å². The Kier molecular flexibility index (Phi) is 10.5. The van der Waals surface area contributed by atoms with Crippen molar-refractivity contribution >= 4 is 68.5 Å². The summed E-state index contributed by atoms with van der Waals surface area (Å²) in [7, 11) is -4.77. The van der Waals surface area contributed by atoms with Gasteiger partial charge in [0, 0.05) is 5.56 Å². The van der Waals surface area contributed by atoms with Gasteiger partial charge in [-0.1, -0.05) is 53.7 Å². The van der Waals surface area contributed by atoms with E-state index in [4.69, 9.17) is 23.2 Å². The molecule has 13 nitrogen and oxygen atoms in total. The molecular weight excluding hydrogens is 647 g/mol. The number of nitrogens with zero attached hydrogens (tertiary/aromatic N) is 7. The molecule has 1 aromatic heterocycles. The molecule has 1 heterocycles. The van der Waals surface area contributed by atoms with E-state index >= 15 is 0 Å². The van der Waals surface area contributed by atoms with Crippen LogP contribution in [-0.4, -0.2) is 45.2 Å². The van der Waals surface area contributed by atoms with Gasteiger partial charge in [-0.2, -0.15) is 29.4 Å². The molecule has 41 heavy (non-hydrogen) atoms. The first kappa shape index (κ1) is 31.5. The number of amidine groups is 1. The van der Waals surface area contributed by atoms with Gasteiger partial charge in [0.1, 0.15) is 5.75 Å². The maximum atomic E-state index is 11.9. The number of halogens is 2. The second-order valence-electron chi connectivity index (χ2n) is 7.85. The fourth-order valence-corrected chi connectivity index (χ4v) is 4.04. The minimum absolute atomic E-state index is 0. The number of rotatable bonds is 8. The van der Waals surface area contributed by atoms with Gasteiger partial charge in [0.25, 0.3) is 10.1 Å². The fraction of sp³-hybridized carbons (Fsp3) is 0.0417. The van der Waals surface area contributed by atoms with Crippen molar-refractivity contribution in [1.29, 1.82) is 0 Å². The number of nitrogens with one attached hydrogen (secondary N) is 1. The molecule has 213 valence electrons. The van der Waals surface area contributed by atoms with Gasteiger partial charge >= 0.3 is 17.1 Å². The van der Waals surface area contributed by atoms with Crippen LogP contribution in [0.1, 0.15) is 16.7 Å². The summed E-state index contributed by atoms with van der Waals surface area (Å²) in [6.45, 7) is 1.81. The number of benzene rings is 3. The Morgan fingerprint density at radius 1 is 1.02 bits per heavy atom. The smallest absolute Gasteiger partial charge is 0.571 e. The SMILES string of the molecule is Cc1ccc([C-]=O)c(N=N/C(=N\[N-]c2cc(S(=O)(=O)O)cc(Nc3nc(Cl)nc(Cl)n3)c2O)c2ccccc2)c1.[Cu+2]. The van der Waals surface area contributed by atoms with Gasteiger partial charge in [0.05, 0.1) is 16.9 Å². The van der Waals surface area contributed by atoms with E-state index in [1.54, 1.807) is 54.8 Å². The molecule has 1 radical (unpaired) electrons. The summed E-state index contributed by atoms with van der Waals surface area (Å²) in [5.74, 6) is -0.882. The predicted molar refractivity (Wildman–Crippen MR) is 148 cm³/mol. The molecule has 4 rings (SSSR count). The zero-order valence-corrected chi connectivity index (χ0v) is 23.8. The zero-order chi connectivity index (χ0) is 28.9. The van der Waals surface area contributed by atoms with Gasteiger partial charge in [-0.3, -0.25) is 4.55 Å². The molecule has 4 aromatic rings. The Labute approximate surface area is 254 Å². The third kappa shape index (κ3) is 8.26. The van der Waals surface area contributed by atoms with Crippen LogP contribution in [0.15, 0.2) is 80.9 Å². The number of aryl methyl sites for hydroxylation is 1. The van der Waals surface area contributed by atoms with E-state index in [9.17, 15) is 22.9 Å². The van der Waals surface area contributed by atoms with Crippen molar-refractivity contribution in [3.63, 3.8) is 0 Å². The Bertz CT molecular complexity index is 1740. The molecule has 0 amide bonds. The molecule has 0 bridgehead atoms. The van der Waals surface area contributed by atoms with E-state index in [-0.39, 0.29) is 62.0 Å². The Balaban J connectivity index is 0.00000462. The average Bonchev–Trinajstić information content (AvgIpc) is 2.90. The quantitative estimate of drug-likeness (QED) is 0.0306. The van der Waals surface area contributed by atoms with Gasteiger partial charge in [-0.25, -0.2) is 5.11 Å². The van der Waals surface area contributed by atoms with Crippen molar-refractivity contribution in [2.45, 2.75) is 11.8 Å². The summed E-state index contributed by atoms with van der Waals surface area (Å²) in [4.78, 5) is 21.9. The topological polar surface area (TPSA) is 194 Å². The van der Waals surface area contributed by atoms with Crippen LogP contribution in [0.2, 0.25) is 10.6 Å². The molecule has 17 heteroatoms. The monoisotopic (exact) mass is 661 g/mol. The van der Waals surface area contributed by atoms with Crippen LogP contribution < -0.4 is 5.32 Å². The summed E-state index contributed by atoms with van der Waals surface area (Å²) in [5, 5.41) is 25.1. The third-order valence-electron chi connectivity index (χ3n) is 4.99. The van der Waals surface area contributed by atoms with Crippen LogP contribution >= 0.6 is 23.2 Å². The number of hydrogen-bond acceptors (Lipinski definition) is 10. The van der Waals surface area contributed by atoms with Gasteiger partial charge < -0.3 is 25.7 Å². The van der Waals surface area contributed by atoms with E-state index in [1.807, 2.05) is 6.92 Å². The summed E-state index contributed by atoms with van der Waals surface area (Å²) < 4.78 is 33.5. The van der Waals surface area contributed by atoms with Crippen molar-refractivity contribution in [3.05, 3.63) is 93.3 Å². The maximum Gasteiger partial charge on any atom is 2.00 e. The van der Waals surface area contributed by atoms with E-state index < -0.39 is 20.8 Å². The minimum atomic E-state index is -4.77. The van der Waals surface area contributed by atoms with Crippen molar-refractivity contribution in [1.82, 2.24) is 15.0 Å². The summed E-state index contributed by atoms with van der Waals surface area (Å²) in [6, 6.07) is 15.2. The van der Waals surface area contributed by atoms with E-state index in [0.717, 1.165) is 17.7 Å². The standard InChI is InChI=1S/C24H16Cl2N8O5S.Cu/c1-13-7-8-15(12-35)17(9-13)31-33-21(14-5-3-2-4-6-14)34-32-19-11-16(40(37,38)39)10-18(20(19)36)27-24-29-22(25)28-23(26)30-24;/h2-11H,1H3,(H3-,27,28,29,30,31,32,33,34,35,36,37,38,39);/q-2;+2. The number of phenolic OH excluding ortho intramolecular Hbond substituents is 1. The number of aromatic hydroxyl groups is 1. The Morgan fingerprint density at radius 3 is 2.34 bits per heavy atom. The maximum absolute atomic E-state index is 11.9. The first-order valence-corrected chi connectivity index (χ1v) is 13.2. The van der Waals surface area contributed by atoms with E-state index in [2.05, 4.69) is 41.0 Å². The largest absolute Gasteiger partial charge is 2.00 e. The number of hydrogen-bond donors (Lipinski definition) is 3. The van der Waals surface area contributed by atoms with E-state index in [0.29, 0.717) is 5.56 Å². The average molecular weight is 663 g/mol. The number of azo groups is 1. The second-order valence-corrected chi connectivity index (χ2v) is 9.95. The molecule has 0 saturated heterocycles. The third-order valence-corrected chi connectivity index (χ3v) is 6.16. The van der Waals surface area contributed by atoms with Crippen LogP contribution in [0.25, 0.3) is 5.43 Å². The van der Waals surface area contributed by atoms with Crippen molar-refractivity contribution in [2.24, 2.45) is 15.3 Å². The molecule has 0 aliphatic heterocycles. The first-order valence-electron chi connectivity index (χ1n) is 11.0. The molecule has 0 spiro atoms. The minimum Gasteiger partial charge on any atom is -0.571 e. The normalized spacial score (nSPS) is 11.7. The Morgan fingerprint density at radius 2 is 1.71 bits per heavy atom. The molecule has 0 saturated carbocycles. The van der Waals surface area contributed by atoms with Crippen LogP contribution in [0.3, 0.4) is 0 Å². The van der Waals surface area contributed by atoms with Crippen LogP contribution in [-0.2, 0) is 32.0 Å². The van der Waals surface area contributed by atoms with Crippen molar-refractivity contribution in [2.75, 3.05) is 5.32 Å². The van der Waals surface area contributed by atoms with Crippen LogP contribution in [0, 0.1) is 6.92 Å². The predicted octanol–water partition coefficient (Wildman–Crippen LogP) is 5.79. The summed E-state index contributed by atoms with van der Waals surface area (Å²) in [6.07, 6.45) is 1.79. The van der Waals surface area contributed by atoms with E-state index in [1.165, 1.54) is 0 Å². The first-order chi connectivity index (χ1) is 19.0. The molecule has 0 unspecified atom stereocenters. The van der Waals surface area contributed by atoms with Crippen molar-refractivity contribution in [3.8, 4) is 5.75 Å². The summed E-state index contributed by atoms with van der Waals surface area (Å²) in [5.41, 5.74) is 4.97. The van der Waals surface area contributed by atoms with Gasteiger partial charge in [-0.05, 0) is 41.9 Å². The number of anilines is 2. The molecule has 0 aliphatic rings. The number of carbonyl (C=O) groups excluding carboxylic acids is 1.